The van der Waals surface area contributed by atoms with Crippen LogP contribution in [0.25, 0.3) is 0 Å². The highest BCUT2D eigenvalue weighted by Gasteiger charge is 2.37. The van der Waals surface area contributed by atoms with E-state index in [9.17, 15) is 0 Å². The van der Waals surface area contributed by atoms with Crippen molar-refractivity contribution in [3.63, 3.8) is 0 Å². The average Bonchev–Trinajstić information content (AvgIpc) is 2.80. The van der Waals surface area contributed by atoms with Crippen LogP contribution in [-0.2, 0) is 28.1 Å². The van der Waals surface area contributed by atoms with E-state index in [2.05, 4.69) is 5.32 Å². The van der Waals surface area contributed by atoms with Crippen molar-refractivity contribution in [2.45, 2.75) is 57.2 Å². The van der Waals surface area contributed by atoms with Gasteiger partial charge >= 0.3 is 0 Å². The van der Waals surface area contributed by atoms with E-state index in [0.29, 0.717) is 6.61 Å². The van der Waals surface area contributed by atoms with Crippen LogP contribution < -0.4 is 5.32 Å². The molecule has 5 nitrogen and oxygen atoms in total. The monoisotopic (exact) mass is 291 g/mol. The molecule has 5 heteroatoms. The summed E-state index contributed by atoms with van der Waals surface area (Å²) in [7, 11) is 3.71. The third-order valence-corrected chi connectivity index (χ3v) is 4.77. The van der Waals surface area contributed by atoms with Crippen molar-refractivity contribution in [1.29, 1.82) is 0 Å². The predicted octanol–water partition coefficient (Wildman–Crippen LogP) is 2.79. The van der Waals surface area contributed by atoms with Crippen molar-refractivity contribution in [3.05, 3.63) is 17.1 Å². The fourth-order valence-corrected chi connectivity index (χ4v) is 3.46. The van der Waals surface area contributed by atoms with Gasteiger partial charge in [0.1, 0.15) is 11.4 Å². The smallest absolute Gasteiger partial charge is 0.162 e. The zero-order valence-electron chi connectivity index (χ0n) is 13.1. The molecule has 2 heterocycles. The Balaban J connectivity index is 2.03. The molecule has 3 rings (SSSR count). The number of hydrogen-bond donors (Lipinski definition) is 1. The Labute approximate surface area is 126 Å². The number of anilines is 1. The summed E-state index contributed by atoms with van der Waals surface area (Å²) in [6, 6.07) is 0. The van der Waals surface area contributed by atoms with Crippen LogP contribution >= 0.6 is 0 Å². The Bertz CT molecular complexity index is 479. The highest BCUT2D eigenvalue weighted by molar-refractivity contribution is 5.47. The summed E-state index contributed by atoms with van der Waals surface area (Å²) in [5.74, 6) is 1.76. The molecule has 0 amide bonds. The highest BCUT2D eigenvalue weighted by atomic mass is 16.5. The maximum absolute atomic E-state index is 5.95. The fourth-order valence-electron chi connectivity index (χ4n) is 3.46. The van der Waals surface area contributed by atoms with Crippen molar-refractivity contribution in [1.82, 2.24) is 9.97 Å². The molecule has 1 aromatic rings. The van der Waals surface area contributed by atoms with E-state index in [1.165, 1.54) is 25.7 Å². The molecule has 0 radical (unpaired) electrons. The number of fused-ring (bicyclic) bond motifs is 1. The van der Waals surface area contributed by atoms with Crippen LogP contribution in [0.5, 0.6) is 0 Å². The van der Waals surface area contributed by atoms with E-state index in [1.54, 1.807) is 7.11 Å². The summed E-state index contributed by atoms with van der Waals surface area (Å²) < 4.78 is 11.5. The van der Waals surface area contributed by atoms with Gasteiger partial charge in [-0.1, -0.05) is 25.7 Å². The molecule has 21 heavy (non-hydrogen) atoms. The first kappa shape index (κ1) is 14.7. The second-order valence-electron chi connectivity index (χ2n) is 5.99. The Morgan fingerprint density at radius 1 is 1.14 bits per heavy atom. The molecule has 1 aliphatic carbocycles. The van der Waals surface area contributed by atoms with Crippen LogP contribution in [-0.4, -0.2) is 30.7 Å². The standard InChI is InChI=1S/C16H25N3O2/c1-17-14-12-11-21-10-7-13(12)18-15(19-14)16(20-2)8-5-3-4-6-9-16/h3-11H2,1-2H3,(H,17,18,19). The van der Waals surface area contributed by atoms with E-state index in [0.717, 1.165) is 48.8 Å². The topological polar surface area (TPSA) is 56.3 Å². The van der Waals surface area contributed by atoms with E-state index in [4.69, 9.17) is 19.4 Å². The Kier molecular flexibility index (Phi) is 4.40. The molecule has 0 bridgehead atoms. The maximum atomic E-state index is 5.95. The van der Waals surface area contributed by atoms with Gasteiger partial charge in [0.25, 0.3) is 0 Å². The number of methoxy groups -OCH3 is 1. The van der Waals surface area contributed by atoms with Gasteiger partial charge in [0, 0.05) is 26.1 Å². The van der Waals surface area contributed by atoms with Crippen molar-refractivity contribution < 1.29 is 9.47 Å². The predicted molar refractivity (Wildman–Crippen MR) is 81.3 cm³/mol. The lowest BCUT2D eigenvalue weighted by molar-refractivity contribution is -0.0355. The van der Waals surface area contributed by atoms with E-state index in [1.807, 2.05) is 7.05 Å². The minimum absolute atomic E-state index is 0.310. The molecule has 2 aliphatic rings. The van der Waals surface area contributed by atoms with Crippen LogP contribution in [0.3, 0.4) is 0 Å². The molecule has 1 fully saturated rings. The zero-order chi connectivity index (χ0) is 14.7. The average molecular weight is 291 g/mol. The largest absolute Gasteiger partial charge is 0.376 e. The van der Waals surface area contributed by atoms with Gasteiger partial charge in [-0.3, -0.25) is 0 Å². The van der Waals surface area contributed by atoms with Gasteiger partial charge in [-0.25, -0.2) is 9.97 Å². The Morgan fingerprint density at radius 3 is 2.57 bits per heavy atom. The Hall–Kier alpha value is -1.20. The zero-order valence-corrected chi connectivity index (χ0v) is 13.1. The molecule has 0 unspecified atom stereocenters. The first-order valence-corrected chi connectivity index (χ1v) is 8.00. The lowest BCUT2D eigenvalue weighted by atomic mass is 9.92. The molecule has 0 saturated heterocycles. The molecule has 1 aromatic heterocycles. The maximum Gasteiger partial charge on any atom is 0.162 e. The highest BCUT2D eigenvalue weighted by Crippen LogP contribution is 2.38. The second-order valence-corrected chi connectivity index (χ2v) is 5.99. The number of ether oxygens (including phenoxy) is 2. The van der Waals surface area contributed by atoms with E-state index >= 15 is 0 Å². The van der Waals surface area contributed by atoms with Gasteiger partial charge in [0.05, 0.1) is 18.9 Å². The van der Waals surface area contributed by atoms with Crippen molar-refractivity contribution in [3.8, 4) is 0 Å². The lowest BCUT2D eigenvalue weighted by Gasteiger charge is -2.31. The fraction of sp³-hybridized carbons (Fsp3) is 0.750. The van der Waals surface area contributed by atoms with Gasteiger partial charge in [-0.15, -0.1) is 0 Å². The van der Waals surface area contributed by atoms with Gasteiger partial charge in [-0.2, -0.15) is 0 Å². The van der Waals surface area contributed by atoms with E-state index in [-0.39, 0.29) is 5.60 Å². The molecule has 0 spiro atoms. The SMILES string of the molecule is CNc1nc(C2(OC)CCCCCC2)nc2c1COCC2. The summed E-state index contributed by atoms with van der Waals surface area (Å²) >= 11 is 0. The normalized spacial score (nSPS) is 21.4. The van der Waals surface area contributed by atoms with Gasteiger partial charge in [0.15, 0.2) is 5.82 Å². The molecule has 0 aromatic carbocycles. The summed E-state index contributed by atoms with van der Waals surface area (Å²) in [4.78, 5) is 9.66. The molecule has 116 valence electrons. The van der Waals surface area contributed by atoms with Gasteiger partial charge in [-0.05, 0) is 12.8 Å². The minimum atomic E-state index is -0.310. The third-order valence-electron chi connectivity index (χ3n) is 4.77. The van der Waals surface area contributed by atoms with Gasteiger partial charge < -0.3 is 14.8 Å². The second kappa shape index (κ2) is 6.28. The molecule has 1 aliphatic heterocycles. The summed E-state index contributed by atoms with van der Waals surface area (Å²) in [6.45, 7) is 1.35. The van der Waals surface area contributed by atoms with Crippen LogP contribution in [0, 0.1) is 0 Å². The first-order valence-electron chi connectivity index (χ1n) is 8.00. The van der Waals surface area contributed by atoms with Crippen LogP contribution in [0.4, 0.5) is 5.82 Å². The van der Waals surface area contributed by atoms with Crippen LogP contribution in [0.2, 0.25) is 0 Å². The van der Waals surface area contributed by atoms with Gasteiger partial charge in [0.2, 0.25) is 0 Å². The Morgan fingerprint density at radius 2 is 1.90 bits per heavy atom. The van der Waals surface area contributed by atoms with Crippen LogP contribution in [0.15, 0.2) is 0 Å². The molecular formula is C16H25N3O2. The summed E-state index contributed by atoms with van der Waals surface area (Å²) in [6.07, 6.45) is 7.83. The number of rotatable bonds is 3. The van der Waals surface area contributed by atoms with Crippen LogP contribution in [0.1, 0.15) is 55.6 Å². The lowest BCUT2D eigenvalue weighted by Crippen LogP contribution is -2.32. The summed E-state index contributed by atoms with van der Waals surface area (Å²) in [5, 5.41) is 3.20. The van der Waals surface area contributed by atoms with Crippen molar-refractivity contribution >= 4 is 5.82 Å². The molecule has 1 saturated carbocycles. The van der Waals surface area contributed by atoms with Crippen molar-refractivity contribution in [2.24, 2.45) is 0 Å². The number of nitrogens with one attached hydrogen (secondary N) is 1. The van der Waals surface area contributed by atoms with E-state index < -0.39 is 0 Å². The number of aromatic nitrogens is 2. The number of hydrogen-bond acceptors (Lipinski definition) is 5. The molecule has 1 N–H and O–H groups in total. The first-order chi connectivity index (χ1) is 10.3. The van der Waals surface area contributed by atoms with Crippen molar-refractivity contribution in [2.75, 3.05) is 26.1 Å². The summed E-state index contributed by atoms with van der Waals surface area (Å²) in [5.41, 5.74) is 1.92. The quantitative estimate of drug-likeness (QED) is 0.868. The molecular weight excluding hydrogens is 266 g/mol. The third kappa shape index (κ3) is 2.77. The molecule has 0 atom stereocenters. The minimum Gasteiger partial charge on any atom is -0.376 e. The number of nitrogens with zero attached hydrogens (tertiary/aromatic N) is 2.